The molecule has 0 radical (unpaired) electrons. The van der Waals surface area contributed by atoms with E-state index in [0.717, 1.165) is 16.3 Å². The molecular weight excluding hydrogens is 214 g/mol. The fraction of sp³-hybridized carbons (Fsp3) is 0.0714. The summed E-state index contributed by atoms with van der Waals surface area (Å²) in [5, 5.41) is 1.05. The summed E-state index contributed by atoms with van der Waals surface area (Å²) in [6.07, 6.45) is 3.65. The van der Waals surface area contributed by atoms with Crippen molar-refractivity contribution in [1.29, 1.82) is 0 Å². The molecule has 0 saturated carbocycles. The molecule has 0 N–H and O–H groups in total. The third-order valence-electron chi connectivity index (χ3n) is 2.22. The highest BCUT2D eigenvalue weighted by Gasteiger charge is 1.96. The predicted molar refractivity (Wildman–Crippen MR) is 70.3 cm³/mol. The number of hydrogen-bond donors (Lipinski definition) is 0. The Hall–Kier alpha value is -1.54. The van der Waals surface area contributed by atoms with E-state index in [2.05, 4.69) is 35.8 Å². The van der Waals surface area contributed by atoms with Gasteiger partial charge in [0, 0.05) is 11.9 Å². The second kappa shape index (κ2) is 5.52. The van der Waals surface area contributed by atoms with E-state index in [-0.39, 0.29) is 0 Å². The Kier molecular flexibility index (Phi) is 3.78. The van der Waals surface area contributed by atoms with E-state index in [4.69, 9.17) is 0 Å². The van der Waals surface area contributed by atoms with Crippen molar-refractivity contribution in [3.8, 4) is 0 Å². The summed E-state index contributed by atoms with van der Waals surface area (Å²) in [6, 6.07) is 14.5. The average molecular weight is 227 g/mol. The molecule has 16 heavy (non-hydrogen) atoms. The monoisotopic (exact) mass is 227 g/mol. The maximum atomic E-state index is 4.36. The highest BCUT2D eigenvalue weighted by molar-refractivity contribution is 7.98. The molecule has 2 heteroatoms. The minimum Gasteiger partial charge on any atom is -0.249 e. The van der Waals surface area contributed by atoms with Gasteiger partial charge in [0.05, 0.1) is 5.03 Å². The summed E-state index contributed by atoms with van der Waals surface area (Å²) >= 11 is 1.75. The van der Waals surface area contributed by atoms with Gasteiger partial charge in [0.2, 0.25) is 0 Å². The molecule has 2 aromatic rings. The van der Waals surface area contributed by atoms with Crippen molar-refractivity contribution in [2.24, 2.45) is 0 Å². The van der Waals surface area contributed by atoms with Crippen molar-refractivity contribution in [2.75, 3.05) is 0 Å². The van der Waals surface area contributed by atoms with Gasteiger partial charge in [-0.15, -0.1) is 11.8 Å². The van der Waals surface area contributed by atoms with Crippen LogP contribution in [0.15, 0.2) is 60.3 Å². The second-order valence-electron chi connectivity index (χ2n) is 3.41. The van der Waals surface area contributed by atoms with E-state index in [9.17, 15) is 0 Å². The molecular formula is C14H13NS. The number of thioether (sulfide) groups is 1. The molecule has 1 aromatic carbocycles. The molecule has 0 amide bonds. The van der Waals surface area contributed by atoms with Crippen molar-refractivity contribution in [3.05, 3.63) is 66.4 Å². The summed E-state index contributed by atoms with van der Waals surface area (Å²) in [5.41, 5.74) is 2.38. The van der Waals surface area contributed by atoms with Gasteiger partial charge in [0.25, 0.3) is 0 Å². The van der Waals surface area contributed by atoms with E-state index in [1.54, 1.807) is 17.8 Å². The summed E-state index contributed by atoms with van der Waals surface area (Å²) in [6.45, 7) is 3.71. The van der Waals surface area contributed by atoms with Gasteiger partial charge < -0.3 is 0 Å². The van der Waals surface area contributed by atoms with E-state index < -0.39 is 0 Å². The first-order chi connectivity index (χ1) is 7.88. The van der Waals surface area contributed by atoms with Crippen LogP contribution in [0.4, 0.5) is 0 Å². The fourth-order valence-corrected chi connectivity index (χ4v) is 2.13. The molecule has 1 heterocycles. The van der Waals surface area contributed by atoms with Crippen LogP contribution in [0.2, 0.25) is 0 Å². The quantitative estimate of drug-likeness (QED) is 0.732. The third-order valence-corrected chi connectivity index (χ3v) is 3.24. The van der Waals surface area contributed by atoms with Crippen LogP contribution in [-0.2, 0) is 5.75 Å². The Labute approximate surface area is 100 Å². The Morgan fingerprint density at radius 1 is 1.12 bits per heavy atom. The van der Waals surface area contributed by atoms with Crippen molar-refractivity contribution in [3.63, 3.8) is 0 Å². The standard InChI is InChI=1S/C14H13NS/c1-2-12-8-9-14(15-10-12)16-11-13-6-4-3-5-7-13/h2-10H,1,11H2. The molecule has 0 unspecified atom stereocenters. The molecule has 0 spiro atoms. The molecule has 2 rings (SSSR count). The molecule has 80 valence electrons. The lowest BCUT2D eigenvalue weighted by atomic mass is 10.2. The second-order valence-corrected chi connectivity index (χ2v) is 4.40. The topological polar surface area (TPSA) is 12.9 Å². The number of rotatable bonds is 4. The normalized spacial score (nSPS) is 10.0. The number of benzene rings is 1. The molecule has 0 atom stereocenters. The molecule has 0 aliphatic heterocycles. The van der Waals surface area contributed by atoms with Gasteiger partial charge in [-0.05, 0) is 17.2 Å². The molecule has 0 bridgehead atoms. The van der Waals surface area contributed by atoms with Crippen LogP contribution in [0.5, 0.6) is 0 Å². The van der Waals surface area contributed by atoms with Crippen molar-refractivity contribution in [2.45, 2.75) is 10.8 Å². The lowest BCUT2D eigenvalue weighted by Crippen LogP contribution is -1.83. The lowest BCUT2D eigenvalue weighted by Gasteiger charge is -2.01. The molecule has 0 fully saturated rings. The van der Waals surface area contributed by atoms with Crippen LogP contribution in [0.3, 0.4) is 0 Å². The number of aromatic nitrogens is 1. The third kappa shape index (κ3) is 2.97. The molecule has 0 aliphatic rings. The average Bonchev–Trinajstić information content (AvgIpc) is 2.38. The lowest BCUT2D eigenvalue weighted by molar-refractivity contribution is 1.13. The van der Waals surface area contributed by atoms with E-state index in [1.165, 1.54) is 5.56 Å². The maximum Gasteiger partial charge on any atom is 0.0963 e. The zero-order chi connectivity index (χ0) is 11.2. The zero-order valence-corrected chi connectivity index (χ0v) is 9.78. The van der Waals surface area contributed by atoms with E-state index in [0.29, 0.717) is 0 Å². The first kappa shape index (κ1) is 11.0. The SMILES string of the molecule is C=Cc1ccc(SCc2ccccc2)nc1. The van der Waals surface area contributed by atoms with Crippen LogP contribution in [0, 0.1) is 0 Å². The van der Waals surface area contributed by atoms with Crippen LogP contribution in [0.1, 0.15) is 11.1 Å². The van der Waals surface area contributed by atoms with Gasteiger partial charge in [0.1, 0.15) is 0 Å². The molecule has 1 aromatic heterocycles. The van der Waals surface area contributed by atoms with Crippen LogP contribution < -0.4 is 0 Å². The largest absolute Gasteiger partial charge is 0.249 e. The van der Waals surface area contributed by atoms with Gasteiger partial charge in [-0.3, -0.25) is 0 Å². The van der Waals surface area contributed by atoms with E-state index in [1.807, 2.05) is 24.4 Å². The van der Waals surface area contributed by atoms with Gasteiger partial charge in [-0.1, -0.05) is 49.1 Å². The maximum absolute atomic E-state index is 4.36. The minimum absolute atomic E-state index is 0.960. The van der Waals surface area contributed by atoms with Gasteiger partial charge >= 0.3 is 0 Å². The smallest absolute Gasteiger partial charge is 0.0963 e. The molecule has 0 aliphatic carbocycles. The zero-order valence-electron chi connectivity index (χ0n) is 8.97. The van der Waals surface area contributed by atoms with Crippen LogP contribution in [0.25, 0.3) is 6.08 Å². The van der Waals surface area contributed by atoms with Crippen molar-refractivity contribution < 1.29 is 0 Å². The highest BCUT2D eigenvalue weighted by Crippen LogP contribution is 2.20. The first-order valence-corrected chi connectivity index (χ1v) is 6.12. The fourth-order valence-electron chi connectivity index (χ4n) is 1.33. The van der Waals surface area contributed by atoms with Crippen molar-refractivity contribution >= 4 is 17.8 Å². The Balaban J connectivity index is 1.97. The summed E-state index contributed by atoms with van der Waals surface area (Å²) < 4.78 is 0. The predicted octanol–water partition coefficient (Wildman–Crippen LogP) is 4.02. The minimum atomic E-state index is 0.960. The van der Waals surface area contributed by atoms with Gasteiger partial charge in [0.15, 0.2) is 0 Å². The highest BCUT2D eigenvalue weighted by atomic mass is 32.2. The van der Waals surface area contributed by atoms with Crippen molar-refractivity contribution in [1.82, 2.24) is 4.98 Å². The Bertz CT molecular complexity index is 448. The number of nitrogens with zero attached hydrogens (tertiary/aromatic N) is 1. The number of hydrogen-bond acceptors (Lipinski definition) is 2. The van der Waals surface area contributed by atoms with Crippen LogP contribution >= 0.6 is 11.8 Å². The molecule has 1 nitrogen and oxygen atoms in total. The van der Waals surface area contributed by atoms with Gasteiger partial charge in [-0.25, -0.2) is 4.98 Å². The molecule has 0 saturated heterocycles. The van der Waals surface area contributed by atoms with E-state index >= 15 is 0 Å². The first-order valence-electron chi connectivity index (χ1n) is 5.14. The Morgan fingerprint density at radius 3 is 2.56 bits per heavy atom. The van der Waals surface area contributed by atoms with Crippen LogP contribution in [-0.4, -0.2) is 4.98 Å². The summed E-state index contributed by atoms with van der Waals surface area (Å²) in [7, 11) is 0. The summed E-state index contributed by atoms with van der Waals surface area (Å²) in [5.74, 6) is 0.960. The van der Waals surface area contributed by atoms with Gasteiger partial charge in [-0.2, -0.15) is 0 Å². The summed E-state index contributed by atoms with van der Waals surface area (Å²) in [4.78, 5) is 4.36. The Morgan fingerprint density at radius 2 is 1.94 bits per heavy atom. The number of pyridine rings is 1.